The van der Waals surface area contributed by atoms with Crippen molar-refractivity contribution in [2.24, 2.45) is 7.05 Å². The second-order valence-electron chi connectivity index (χ2n) is 4.62. The summed E-state index contributed by atoms with van der Waals surface area (Å²) >= 11 is 0. The first-order valence-corrected chi connectivity index (χ1v) is 7.92. The van der Waals surface area contributed by atoms with Gasteiger partial charge in [-0.05, 0) is 24.1 Å². The van der Waals surface area contributed by atoms with Gasteiger partial charge in [0.1, 0.15) is 0 Å². The van der Waals surface area contributed by atoms with Gasteiger partial charge in [0.2, 0.25) is 10.0 Å². The van der Waals surface area contributed by atoms with Gasteiger partial charge in [-0.15, -0.1) is 0 Å². The van der Waals surface area contributed by atoms with E-state index in [1.54, 1.807) is 42.2 Å². The first-order chi connectivity index (χ1) is 9.39. The maximum Gasteiger partial charge on any atom is 0.237 e. The molecule has 0 amide bonds. The van der Waals surface area contributed by atoms with Crippen LogP contribution in [0.15, 0.2) is 30.5 Å². The van der Waals surface area contributed by atoms with Crippen molar-refractivity contribution in [2.45, 2.75) is 19.1 Å². The predicted octanol–water partition coefficient (Wildman–Crippen LogP) is 1.51. The van der Waals surface area contributed by atoms with E-state index in [1.807, 2.05) is 6.92 Å². The van der Waals surface area contributed by atoms with Gasteiger partial charge in [-0.1, -0.05) is 19.1 Å². The molecule has 0 aliphatic carbocycles. The van der Waals surface area contributed by atoms with Gasteiger partial charge in [0.15, 0.2) is 0 Å². The molecule has 1 heterocycles. The van der Waals surface area contributed by atoms with Crippen molar-refractivity contribution in [3.8, 4) is 0 Å². The van der Waals surface area contributed by atoms with Gasteiger partial charge in [-0.2, -0.15) is 5.10 Å². The van der Waals surface area contributed by atoms with Crippen molar-refractivity contribution < 1.29 is 8.42 Å². The number of anilines is 2. The lowest BCUT2D eigenvalue weighted by molar-refractivity contribution is 0.600. The fourth-order valence-electron chi connectivity index (χ4n) is 1.92. The minimum absolute atomic E-state index is 0.0919. The molecule has 0 aliphatic heterocycles. The molecule has 0 bridgehead atoms. The van der Waals surface area contributed by atoms with Crippen LogP contribution in [0, 0.1) is 0 Å². The average molecular weight is 294 g/mol. The Balaban J connectivity index is 2.16. The minimum atomic E-state index is -3.46. The molecule has 0 aliphatic rings. The molecule has 0 atom stereocenters. The lowest BCUT2D eigenvalue weighted by atomic mass is 10.2. The third-order valence-electron chi connectivity index (χ3n) is 2.84. The second-order valence-corrected chi connectivity index (χ2v) is 6.34. The molecule has 0 unspecified atom stereocenters. The average Bonchev–Trinajstić information content (AvgIpc) is 2.71. The maximum absolute atomic E-state index is 12.2. The third-order valence-corrected chi connectivity index (χ3v) is 4.09. The zero-order valence-electron chi connectivity index (χ0n) is 11.5. The van der Waals surface area contributed by atoms with Crippen LogP contribution in [0.1, 0.15) is 18.2 Å². The molecule has 6 nitrogen and oxygen atoms in total. The van der Waals surface area contributed by atoms with Gasteiger partial charge in [-0.25, -0.2) is 8.42 Å². The first-order valence-electron chi connectivity index (χ1n) is 6.27. The van der Waals surface area contributed by atoms with E-state index in [0.29, 0.717) is 23.4 Å². The van der Waals surface area contributed by atoms with E-state index >= 15 is 0 Å². The zero-order valence-corrected chi connectivity index (χ0v) is 12.3. The van der Waals surface area contributed by atoms with E-state index in [4.69, 9.17) is 5.73 Å². The Bertz CT molecular complexity index is 690. The van der Waals surface area contributed by atoms with E-state index < -0.39 is 10.0 Å². The number of benzene rings is 1. The number of nitrogens with two attached hydrogens (primary N) is 1. The molecular weight excluding hydrogens is 276 g/mol. The normalized spacial score (nSPS) is 11.5. The lowest BCUT2D eigenvalue weighted by Gasteiger charge is -2.07. The fraction of sp³-hybridized carbons (Fsp3) is 0.308. The summed E-state index contributed by atoms with van der Waals surface area (Å²) in [6.45, 7) is 1.93. The van der Waals surface area contributed by atoms with Crippen LogP contribution in [0.3, 0.4) is 0 Å². The van der Waals surface area contributed by atoms with Crippen LogP contribution in [-0.4, -0.2) is 18.2 Å². The minimum Gasteiger partial charge on any atom is -0.399 e. The maximum atomic E-state index is 12.2. The highest BCUT2D eigenvalue weighted by molar-refractivity contribution is 7.91. The number of aromatic nitrogens is 2. The van der Waals surface area contributed by atoms with Gasteiger partial charge in [0, 0.05) is 18.9 Å². The number of nitrogens with one attached hydrogen (secondary N) is 1. The summed E-state index contributed by atoms with van der Waals surface area (Å²) in [7, 11) is -1.70. The van der Waals surface area contributed by atoms with Crippen LogP contribution in [0.2, 0.25) is 0 Å². The van der Waals surface area contributed by atoms with Crippen LogP contribution in [-0.2, 0) is 29.2 Å². The summed E-state index contributed by atoms with van der Waals surface area (Å²) in [5, 5.41) is 4.21. The summed E-state index contributed by atoms with van der Waals surface area (Å²) in [4.78, 5) is 0. The van der Waals surface area contributed by atoms with Gasteiger partial charge < -0.3 is 5.73 Å². The molecular formula is C13H18N4O2S. The van der Waals surface area contributed by atoms with E-state index in [-0.39, 0.29) is 5.75 Å². The highest BCUT2D eigenvalue weighted by Gasteiger charge is 2.15. The van der Waals surface area contributed by atoms with Crippen molar-refractivity contribution in [1.29, 1.82) is 0 Å². The van der Waals surface area contributed by atoms with E-state index in [2.05, 4.69) is 9.82 Å². The molecule has 3 N–H and O–H groups in total. The first kappa shape index (κ1) is 14.4. The SMILES string of the molecule is CCc1nn(C)cc1NS(=O)(=O)Cc1ccc(N)cc1. The number of aryl methyl sites for hydroxylation is 2. The number of rotatable bonds is 5. The molecule has 7 heteroatoms. The summed E-state index contributed by atoms with van der Waals surface area (Å²) in [5.74, 6) is -0.0919. The summed E-state index contributed by atoms with van der Waals surface area (Å²) in [6.07, 6.45) is 2.33. The van der Waals surface area contributed by atoms with Gasteiger partial charge in [0.05, 0.1) is 17.1 Å². The molecule has 2 aromatic rings. The van der Waals surface area contributed by atoms with Crippen LogP contribution < -0.4 is 10.5 Å². The van der Waals surface area contributed by atoms with Gasteiger partial charge in [0.25, 0.3) is 0 Å². The van der Waals surface area contributed by atoms with Crippen molar-refractivity contribution in [3.05, 3.63) is 41.7 Å². The van der Waals surface area contributed by atoms with Crippen molar-refractivity contribution in [2.75, 3.05) is 10.5 Å². The Morgan fingerprint density at radius 2 is 1.95 bits per heavy atom. The van der Waals surface area contributed by atoms with Crippen molar-refractivity contribution >= 4 is 21.4 Å². The van der Waals surface area contributed by atoms with Crippen molar-refractivity contribution in [3.63, 3.8) is 0 Å². The van der Waals surface area contributed by atoms with Crippen LogP contribution in [0.5, 0.6) is 0 Å². The van der Waals surface area contributed by atoms with E-state index in [1.165, 1.54) is 0 Å². The topological polar surface area (TPSA) is 90.0 Å². The van der Waals surface area contributed by atoms with E-state index in [9.17, 15) is 8.42 Å². The molecule has 1 aromatic heterocycles. The highest BCUT2D eigenvalue weighted by atomic mass is 32.2. The molecule has 0 radical (unpaired) electrons. The van der Waals surface area contributed by atoms with Crippen molar-refractivity contribution in [1.82, 2.24) is 9.78 Å². The molecule has 0 saturated heterocycles. The smallest absolute Gasteiger partial charge is 0.237 e. The Labute approximate surface area is 118 Å². The predicted molar refractivity (Wildman–Crippen MR) is 79.7 cm³/mol. The van der Waals surface area contributed by atoms with Crippen LogP contribution in [0.25, 0.3) is 0 Å². The third kappa shape index (κ3) is 3.51. The Morgan fingerprint density at radius 3 is 2.55 bits per heavy atom. The number of hydrogen-bond donors (Lipinski definition) is 2. The number of hydrogen-bond acceptors (Lipinski definition) is 4. The van der Waals surface area contributed by atoms with Crippen LogP contribution in [0.4, 0.5) is 11.4 Å². The molecule has 0 fully saturated rings. The number of sulfonamides is 1. The quantitative estimate of drug-likeness (QED) is 0.818. The van der Waals surface area contributed by atoms with Gasteiger partial charge >= 0.3 is 0 Å². The van der Waals surface area contributed by atoms with Gasteiger partial charge in [-0.3, -0.25) is 9.40 Å². The monoisotopic (exact) mass is 294 g/mol. The molecule has 2 rings (SSSR count). The zero-order chi connectivity index (χ0) is 14.8. The molecule has 0 saturated carbocycles. The Kier molecular flexibility index (Phi) is 3.99. The Hall–Kier alpha value is -2.02. The summed E-state index contributed by atoms with van der Waals surface area (Å²) in [6, 6.07) is 6.79. The largest absolute Gasteiger partial charge is 0.399 e. The van der Waals surface area contributed by atoms with E-state index in [0.717, 1.165) is 5.69 Å². The summed E-state index contributed by atoms with van der Waals surface area (Å²) < 4.78 is 28.5. The Morgan fingerprint density at radius 1 is 1.30 bits per heavy atom. The molecule has 0 spiro atoms. The summed E-state index contributed by atoms with van der Waals surface area (Å²) in [5.41, 5.74) is 8.14. The second kappa shape index (κ2) is 5.54. The standard InChI is InChI=1S/C13H18N4O2S/c1-3-12-13(8-17(2)15-12)16-20(18,19)9-10-4-6-11(14)7-5-10/h4-8,16H,3,9,14H2,1-2H3. The lowest BCUT2D eigenvalue weighted by Crippen LogP contribution is -2.15. The number of nitrogens with zero attached hydrogens (tertiary/aromatic N) is 2. The molecule has 20 heavy (non-hydrogen) atoms. The molecule has 108 valence electrons. The van der Waals surface area contributed by atoms with Crippen LogP contribution >= 0.6 is 0 Å². The molecule has 1 aromatic carbocycles. The highest BCUT2D eigenvalue weighted by Crippen LogP contribution is 2.17. The number of nitrogen functional groups attached to an aromatic ring is 1. The fourth-order valence-corrected chi connectivity index (χ4v) is 3.13.